The van der Waals surface area contributed by atoms with Crippen LogP contribution in [-0.2, 0) is 14.3 Å². The summed E-state index contributed by atoms with van der Waals surface area (Å²) in [6.07, 6.45) is 9.35. The van der Waals surface area contributed by atoms with Gasteiger partial charge in [-0.1, -0.05) is 12.2 Å². The molecule has 1 aromatic carbocycles. The number of anilines is 2. The number of allylic oxidation sites excluding steroid dienone is 2. The molecule has 172 valence electrons. The topological polar surface area (TPSA) is 113 Å². The third-order valence-electron chi connectivity index (χ3n) is 6.00. The second kappa shape index (κ2) is 10.7. The monoisotopic (exact) mass is 444 g/mol. The van der Waals surface area contributed by atoms with Crippen LogP contribution in [0.1, 0.15) is 26.2 Å². The summed E-state index contributed by atoms with van der Waals surface area (Å²) in [7, 11) is 0. The number of piperazine rings is 1. The molecule has 4 rings (SSSR count). The number of carbonyl (C=O) groups excluding carboxylic acids is 3. The quantitative estimate of drug-likeness (QED) is 0.287. The number of nitrogens with zero attached hydrogens (tertiary/aromatic N) is 4. The van der Waals surface area contributed by atoms with E-state index in [1.54, 1.807) is 16.7 Å². The Labute approximate surface area is 186 Å². The van der Waals surface area contributed by atoms with E-state index in [0.29, 0.717) is 31.9 Å². The normalized spacial score (nSPS) is 20.9. The van der Waals surface area contributed by atoms with Crippen molar-refractivity contribution in [3.8, 4) is 0 Å². The minimum absolute atomic E-state index is 0.116. The highest BCUT2D eigenvalue weighted by molar-refractivity contribution is 5.96. The first kappa shape index (κ1) is 23.2. The number of nitro groups is 1. The number of fused-ring (bicyclic) bond motifs is 2. The molecule has 1 heterocycles. The van der Waals surface area contributed by atoms with Crippen LogP contribution in [0.15, 0.2) is 30.4 Å². The number of benzene rings is 1. The maximum Gasteiger partial charge on any atom is 0.409 e. The minimum Gasteiger partial charge on any atom is -0.450 e. The molecule has 2 bridgehead atoms. The van der Waals surface area contributed by atoms with E-state index < -0.39 is 11.0 Å². The van der Waals surface area contributed by atoms with Crippen LogP contribution >= 0.6 is 0 Å². The van der Waals surface area contributed by atoms with Crippen molar-refractivity contribution in [1.29, 1.82) is 0 Å². The first-order valence-corrected chi connectivity index (χ1v) is 10.8. The fourth-order valence-corrected chi connectivity index (χ4v) is 4.29. The van der Waals surface area contributed by atoms with E-state index in [4.69, 9.17) is 4.74 Å². The number of amides is 3. The molecule has 0 spiro atoms. The Morgan fingerprint density at radius 1 is 1.16 bits per heavy atom. The molecule has 0 unspecified atom stereocenters. The van der Waals surface area contributed by atoms with Gasteiger partial charge in [0.1, 0.15) is 5.69 Å². The third kappa shape index (κ3) is 5.43. The number of hydrogen-bond donors (Lipinski definition) is 0. The van der Waals surface area contributed by atoms with Crippen molar-refractivity contribution >= 4 is 36.0 Å². The molecular weight excluding hydrogens is 416 g/mol. The van der Waals surface area contributed by atoms with Gasteiger partial charge >= 0.3 is 6.09 Å². The molecule has 0 aromatic heterocycles. The Morgan fingerprint density at radius 2 is 1.78 bits per heavy atom. The minimum atomic E-state index is -0.565. The van der Waals surface area contributed by atoms with E-state index in [2.05, 4.69) is 12.2 Å². The Balaban J connectivity index is 0.000000343. The lowest BCUT2D eigenvalue weighted by atomic mass is 10.1. The summed E-state index contributed by atoms with van der Waals surface area (Å²) < 4.78 is 4.94. The van der Waals surface area contributed by atoms with Gasteiger partial charge in [-0.3, -0.25) is 24.6 Å². The Kier molecular flexibility index (Phi) is 7.80. The fraction of sp³-hybridized carbons (Fsp3) is 0.500. The molecule has 32 heavy (non-hydrogen) atoms. The van der Waals surface area contributed by atoms with Crippen LogP contribution in [0.3, 0.4) is 0 Å². The van der Waals surface area contributed by atoms with Crippen molar-refractivity contribution in [1.82, 2.24) is 4.90 Å². The zero-order chi connectivity index (χ0) is 23.1. The molecule has 2 aliphatic carbocycles. The maximum atomic E-state index is 11.7. The predicted octanol–water partition coefficient (Wildman–Crippen LogP) is 2.97. The molecule has 3 amide bonds. The highest BCUT2D eigenvalue weighted by atomic mass is 16.6. The van der Waals surface area contributed by atoms with E-state index in [1.165, 1.54) is 37.5 Å². The van der Waals surface area contributed by atoms with Crippen LogP contribution in [-0.4, -0.2) is 61.5 Å². The first-order valence-electron chi connectivity index (χ1n) is 10.8. The van der Waals surface area contributed by atoms with E-state index in [1.807, 2.05) is 0 Å². The maximum absolute atomic E-state index is 11.7. The lowest BCUT2D eigenvalue weighted by molar-refractivity contribution is -0.384. The van der Waals surface area contributed by atoms with E-state index in [-0.39, 0.29) is 30.8 Å². The predicted molar refractivity (Wildman–Crippen MR) is 118 cm³/mol. The number of hydrogen-bond acceptors (Lipinski definition) is 7. The van der Waals surface area contributed by atoms with Gasteiger partial charge in [-0.15, -0.1) is 0 Å². The number of nitro benzene ring substituents is 1. The van der Waals surface area contributed by atoms with Gasteiger partial charge in [-0.05, 0) is 50.2 Å². The summed E-state index contributed by atoms with van der Waals surface area (Å²) in [4.78, 5) is 48.2. The van der Waals surface area contributed by atoms with E-state index in [0.717, 1.165) is 16.7 Å². The van der Waals surface area contributed by atoms with Crippen LogP contribution < -0.4 is 9.80 Å². The van der Waals surface area contributed by atoms with Gasteiger partial charge in [0, 0.05) is 32.2 Å². The zero-order valence-corrected chi connectivity index (χ0v) is 18.1. The SMILES string of the molecule is C1=C[C@H]2CC[C@@H]1C2.CCOC(=O)N1CCN(c2ccc(N(C=O)C=O)cc2[N+](=O)[O-])CC1. The van der Waals surface area contributed by atoms with Crippen LogP contribution in [0.4, 0.5) is 21.9 Å². The van der Waals surface area contributed by atoms with Crippen LogP contribution in [0.2, 0.25) is 0 Å². The van der Waals surface area contributed by atoms with E-state index in [9.17, 15) is 24.5 Å². The number of ether oxygens (including phenoxy) is 1. The van der Waals surface area contributed by atoms with Crippen LogP contribution in [0.5, 0.6) is 0 Å². The van der Waals surface area contributed by atoms with Gasteiger partial charge < -0.3 is 14.5 Å². The number of imide groups is 1. The van der Waals surface area contributed by atoms with Crippen molar-refractivity contribution in [3.63, 3.8) is 0 Å². The van der Waals surface area contributed by atoms with E-state index >= 15 is 0 Å². The number of rotatable bonds is 6. The summed E-state index contributed by atoms with van der Waals surface area (Å²) >= 11 is 0. The van der Waals surface area contributed by atoms with Crippen molar-refractivity contribution in [2.75, 3.05) is 42.6 Å². The Hall–Kier alpha value is -3.43. The van der Waals surface area contributed by atoms with Crippen LogP contribution in [0, 0.1) is 22.0 Å². The zero-order valence-electron chi connectivity index (χ0n) is 18.1. The highest BCUT2D eigenvalue weighted by Gasteiger charge is 2.27. The van der Waals surface area contributed by atoms with Gasteiger partial charge in [-0.2, -0.15) is 0 Å². The van der Waals surface area contributed by atoms with Crippen molar-refractivity contribution < 1.29 is 24.0 Å². The van der Waals surface area contributed by atoms with Gasteiger partial charge in [0.15, 0.2) is 0 Å². The molecule has 1 aromatic rings. The fourth-order valence-electron chi connectivity index (χ4n) is 4.29. The lowest BCUT2D eigenvalue weighted by Crippen LogP contribution is -2.49. The lowest BCUT2D eigenvalue weighted by Gasteiger charge is -2.35. The first-order chi connectivity index (χ1) is 15.5. The van der Waals surface area contributed by atoms with Crippen LogP contribution in [0.25, 0.3) is 0 Å². The van der Waals surface area contributed by atoms with Gasteiger partial charge in [-0.25, -0.2) is 4.79 Å². The molecule has 3 aliphatic rings. The molecule has 1 aliphatic heterocycles. The highest BCUT2D eigenvalue weighted by Crippen LogP contribution is 2.38. The second-order valence-corrected chi connectivity index (χ2v) is 7.94. The summed E-state index contributed by atoms with van der Waals surface area (Å²) in [6, 6.07) is 4.13. The third-order valence-corrected chi connectivity index (χ3v) is 6.00. The summed E-state index contributed by atoms with van der Waals surface area (Å²) in [6.45, 7) is 3.59. The molecule has 0 N–H and O–H groups in total. The molecule has 10 heteroatoms. The summed E-state index contributed by atoms with van der Waals surface area (Å²) in [5, 5.41) is 11.4. The largest absolute Gasteiger partial charge is 0.450 e. The summed E-state index contributed by atoms with van der Waals surface area (Å²) in [5.41, 5.74) is 0.274. The molecular formula is C22H28N4O6. The molecule has 10 nitrogen and oxygen atoms in total. The van der Waals surface area contributed by atoms with Gasteiger partial charge in [0.05, 0.1) is 17.2 Å². The Bertz CT molecular complexity index is 861. The molecule has 0 radical (unpaired) electrons. The number of carbonyl (C=O) groups is 3. The molecule has 2 fully saturated rings. The Morgan fingerprint density at radius 3 is 2.22 bits per heavy atom. The van der Waals surface area contributed by atoms with Gasteiger partial charge in [0.2, 0.25) is 12.8 Å². The standard InChI is InChI=1S/C15H18N4O6.C7H10/c1-2-25-15(22)17-7-5-16(6-8-17)13-4-3-12(18(10-20)11-21)9-14(13)19(23)24;1-2-7-4-3-6(1)5-7/h3-4,9-11H,2,5-8H2,1H3;1-2,6-7H,3-5H2/t;6-,7+. The smallest absolute Gasteiger partial charge is 0.409 e. The van der Waals surface area contributed by atoms with Crippen molar-refractivity contribution in [2.45, 2.75) is 26.2 Å². The molecule has 1 saturated carbocycles. The van der Waals surface area contributed by atoms with Crippen molar-refractivity contribution in [2.24, 2.45) is 11.8 Å². The average Bonchev–Trinajstić information content (AvgIpc) is 3.47. The van der Waals surface area contributed by atoms with Gasteiger partial charge in [0.25, 0.3) is 5.69 Å². The molecule has 2 atom stereocenters. The van der Waals surface area contributed by atoms with Crippen molar-refractivity contribution in [3.05, 3.63) is 40.5 Å². The second-order valence-electron chi connectivity index (χ2n) is 7.94. The molecule has 1 saturated heterocycles. The summed E-state index contributed by atoms with van der Waals surface area (Å²) in [5.74, 6) is 1.98. The average molecular weight is 444 g/mol.